The molecule has 1 N–H and O–H groups in total. The Bertz CT molecular complexity index is 1460. The van der Waals surface area contributed by atoms with Gasteiger partial charge in [-0.05, 0) is 30.2 Å². The van der Waals surface area contributed by atoms with Crippen LogP contribution in [0.2, 0.25) is 0 Å². The second-order valence-corrected chi connectivity index (χ2v) is 9.23. The Morgan fingerprint density at radius 3 is 2.81 bits per heavy atom. The number of rotatable bonds is 8. The molecule has 37 heavy (non-hydrogen) atoms. The Balaban J connectivity index is 1.28. The highest BCUT2D eigenvalue weighted by molar-refractivity contribution is 5.89. The number of nitrogens with one attached hydrogen (secondary N) is 1. The summed E-state index contributed by atoms with van der Waals surface area (Å²) in [5.41, 5.74) is 3.08. The van der Waals surface area contributed by atoms with E-state index in [-0.39, 0.29) is 18.4 Å². The van der Waals surface area contributed by atoms with Gasteiger partial charge in [0.2, 0.25) is 11.8 Å². The molecule has 0 spiro atoms. The monoisotopic (exact) mass is 517 g/mol. The minimum Gasteiger partial charge on any atom is -0.479 e. The number of alkyl halides is 3. The fraction of sp³-hybridized carbons (Fsp3) is 0.500. The fourth-order valence-electron chi connectivity index (χ4n) is 4.87. The summed E-state index contributed by atoms with van der Waals surface area (Å²) in [5, 5.41) is 15.6. The number of benzene rings is 1. The number of hydrogen-bond acceptors (Lipinski definition) is 8. The maximum absolute atomic E-state index is 15.1. The fourth-order valence-corrected chi connectivity index (χ4v) is 4.87. The lowest BCUT2D eigenvalue weighted by Crippen LogP contribution is -2.57. The first kappa shape index (κ1) is 22.7. The third-order valence-corrected chi connectivity index (χ3v) is 7.00. The molecule has 2 saturated heterocycles. The Morgan fingerprint density at radius 1 is 1.27 bits per heavy atom. The van der Waals surface area contributed by atoms with Crippen molar-refractivity contribution in [1.82, 2.24) is 34.5 Å². The average molecular weight is 518 g/mol. The van der Waals surface area contributed by atoms with Crippen LogP contribution in [-0.4, -0.2) is 99.5 Å². The van der Waals surface area contributed by atoms with Gasteiger partial charge in [0.25, 0.3) is 0 Å². The van der Waals surface area contributed by atoms with Crippen molar-refractivity contribution in [2.75, 3.05) is 52.1 Å². The van der Waals surface area contributed by atoms with Crippen molar-refractivity contribution in [3.63, 3.8) is 0 Å². The van der Waals surface area contributed by atoms with Crippen molar-refractivity contribution in [2.45, 2.75) is 30.7 Å². The van der Waals surface area contributed by atoms with Gasteiger partial charge < -0.3 is 14.8 Å². The molecule has 1 aromatic carbocycles. The van der Waals surface area contributed by atoms with Crippen molar-refractivity contribution in [3.8, 4) is 17.0 Å². The van der Waals surface area contributed by atoms with Crippen LogP contribution in [-0.2, 0) is 4.74 Å². The van der Waals surface area contributed by atoms with E-state index < -0.39 is 37.6 Å². The maximum Gasteiger partial charge on any atom is 0.244 e. The number of ether oxygens (including phenoxy) is 2. The first-order valence-electron chi connectivity index (χ1n) is 12.6. The Kier molecular flexibility index (Phi) is 6.01. The van der Waals surface area contributed by atoms with Crippen LogP contribution < -0.4 is 10.1 Å². The highest BCUT2D eigenvalue weighted by Gasteiger charge is 2.35. The van der Waals surface area contributed by atoms with Crippen LogP contribution in [0.1, 0.15) is 13.8 Å². The Labute approximate surface area is 211 Å². The van der Waals surface area contributed by atoms with E-state index in [0.717, 1.165) is 11.1 Å². The average Bonchev–Trinajstić information content (AvgIpc) is 3.53. The Morgan fingerprint density at radius 2 is 2.11 bits per heavy atom. The van der Waals surface area contributed by atoms with Gasteiger partial charge in [0.1, 0.15) is 36.6 Å². The molecular weight excluding hydrogens is 489 g/mol. The van der Waals surface area contributed by atoms with Crippen LogP contribution in [0.5, 0.6) is 5.88 Å². The minimum atomic E-state index is -1.21. The summed E-state index contributed by atoms with van der Waals surface area (Å²) in [7, 11) is 1.49. The highest BCUT2D eigenvalue weighted by atomic mass is 19.1. The van der Waals surface area contributed by atoms with Gasteiger partial charge >= 0.3 is 0 Å². The van der Waals surface area contributed by atoms with Crippen molar-refractivity contribution in [1.29, 1.82) is 0 Å². The van der Waals surface area contributed by atoms with E-state index in [1.807, 2.05) is 17.0 Å². The molecule has 0 unspecified atom stereocenters. The quantitative estimate of drug-likeness (QED) is 0.381. The van der Waals surface area contributed by atoms with Crippen molar-refractivity contribution >= 4 is 22.5 Å². The molecule has 5 heterocycles. The molecule has 0 bridgehead atoms. The molecule has 6 rings (SSSR count). The summed E-state index contributed by atoms with van der Waals surface area (Å²) >= 11 is 0. The van der Waals surface area contributed by atoms with Crippen LogP contribution in [0.4, 0.5) is 19.1 Å². The molecule has 2 aliphatic heterocycles. The highest BCUT2D eigenvalue weighted by Crippen LogP contribution is 2.33. The van der Waals surface area contributed by atoms with E-state index in [4.69, 9.17) is 10.8 Å². The molecule has 10 nitrogen and oxygen atoms in total. The predicted molar refractivity (Wildman–Crippen MR) is 130 cm³/mol. The van der Waals surface area contributed by atoms with E-state index in [1.165, 1.54) is 11.8 Å². The molecule has 2 fully saturated rings. The van der Waals surface area contributed by atoms with Crippen molar-refractivity contribution in [2.24, 2.45) is 0 Å². The minimum absolute atomic E-state index is 0.136. The number of fused-ring (bicyclic) bond motifs is 2. The number of methoxy groups -OCH3 is 1. The van der Waals surface area contributed by atoms with Gasteiger partial charge in [-0.25, -0.2) is 22.4 Å². The van der Waals surface area contributed by atoms with Crippen LogP contribution in [0, 0.1) is 0 Å². The molecule has 0 saturated carbocycles. The van der Waals surface area contributed by atoms with Crippen molar-refractivity contribution < 1.29 is 24.0 Å². The van der Waals surface area contributed by atoms with E-state index in [1.54, 1.807) is 22.8 Å². The number of anilines is 1. The normalized spacial score (nSPS) is 22.4. The van der Waals surface area contributed by atoms with E-state index in [2.05, 4.69) is 25.7 Å². The summed E-state index contributed by atoms with van der Waals surface area (Å²) in [6.07, 6.45) is 1.02. The number of halogens is 3. The first-order chi connectivity index (χ1) is 18.4. The molecule has 196 valence electrons. The van der Waals surface area contributed by atoms with E-state index >= 15 is 4.39 Å². The van der Waals surface area contributed by atoms with Gasteiger partial charge in [-0.15, -0.1) is 10.2 Å². The molecule has 0 radical (unpaired) electrons. The van der Waals surface area contributed by atoms with Crippen LogP contribution in [0.15, 0.2) is 30.5 Å². The number of nitrogens with zero attached hydrogens (tertiary/aromatic N) is 7. The maximum atomic E-state index is 15.1. The lowest BCUT2D eigenvalue weighted by atomic mass is 10.0. The second-order valence-electron chi connectivity index (χ2n) is 9.23. The topological polar surface area (TPSA) is 94.6 Å². The zero-order valence-electron chi connectivity index (χ0n) is 21.1. The molecule has 4 aromatic rings. The largest absolute Gasteiger partial charge is 0.479 e. The lowest BCUT2D eigenvalue weighted by Gasteiger charge is -2.42. The third kappa shape index (κ3) is 4.25. The molecule has 2 atom stereocenters. The number of aromatic nitrogens is 6. The van der Waals surface area contributed by atoms with Crippen molar-refractivity contribution in [3.05, 3.63) is 30.5 Å². The summed E-state index contributed by atoms with van der Waals surface area (Å²) in [6.45, 7) is -0.508. The Hall–Kier alpha value is -3.45. The molecule has 2 aliphatic rings. The van der Waals surface area contributed by atoms with Gasteiger partial charge in [-0.2, -0.15) is 4.98 Å². The smallest absolute Gasteiger partial charge is 0.244 e. The van der Waals surface area contributed by atoms with Gasteiger partial charge in [-0.1, -0.05) is 11.3 Å². The molecule has 13 heteroatoms. The third-order valence-electron chi connectivity index (χ3n) is 7.00. The van der Waals surface area contributed by atoms with Crippen LogP contribution >= 0.6 is 0 Å². The molecule has 0 amide bonds. The number of piperidine rings is 1. The molecule has 3 aromatic heterocycles. The standard InChI is InChI=1S/C24H27F3N8O2/c1-36-23-22-17(14-2-3-20-21(8-14)35(32-30-20)15(9-25)10-26)4-7-34(22)31-24(29-23)28-19-5-6-33(11-18(19)27)16-12-37-13-16/h2-4,7-8,15-16,18-19H,5-6,9-13H2,1H3,(H,28,31)/t18-,19-/m0/s1/i16D. The summed E-state index contributed by atoms with van der Waals surface area (Å²) < 4.78 is 63.7. The molecule has 0 aliphatic carbocycles. The van der Waals surface area contributed by atoms with Crippen LogP contribution in [0.25, 0.3) is 27.7 Å². The van der Waals surface area contributed by atoms with E-state index in [0.29, 0.717) is 42.7 Å². The number of hydrogen-bond donors (Lipinski definition) is 1. The zero-order valence-corrected chi connectivity index (χ0v) is 20.1. The van der Waals surface area contributed by atoms with Gasteiger partial charge in [0.15, 0.2) is 0 Å². The summed E-state index contributed by atoms with van der Waals surface area (Å²) in [4.78, 5) is 6.32. The lowest BCUT2D eigenvalue weighted by molar-refractivity contribution is -0.0794. The SMILES string of the molecule is [2H]C1(N2CC[C@H](Nc3nc(OC)c4c(-c5ccc6nnn(C(CF)CF)c6c5)ccn4n3)[C@@H](F)C2)COC1. The zero-order chi connectivity index (χ0) is 26.4. The van der Waals surface area contributed by atoms with E-state index in [9.17, 15) is 8.78 Å². The van der Waals surface area contributed by atoms with Gasteiger partial charge in [0.05, 0.1) is 39.3 Å². The summed E-state index contributed by atoms with van der Waals surface area (Å²) in [5.74, 6) is 0.501. The van der Waals surface area contributed by atoms with Crippen LogP contribution in [0.3, 0.4) is 0 Å². The molecular formula is C24H27F3N8O2. The predicted octanol–water partition coefficient (Wildman–Crippen LogP) is 2.85. The van der Waals surface area contributed by atoms with Gasteiger partial charge in [0, 0.05) is 24.8 Å². The number of likely N-dealkylation sites (tertiary alicyclic amines) is 1. The first-order valence-corrected chi connectivity index (χ1v) is 12.1. The summed E-state index contributed by atoms with van der Waals surface area (Å²) in [6, 6.07) is 4.76. The second kappa shape index (κ2) is 9.78. The van der Waals surface area contributed by atoms with Gasteiger partial charge in [-0.3, -0.25) is 4.90 Å².